The fraction of sp³-hybridized carbons (Fsp3) is 0.310. The largest absolute Gasteiger partial charge is 0.373 e. The average molecular weight is 683 g/mol. The normalized spacial score (nSPS) is 12.3. The third-order valence-corrected chi connectivity index (χ3v) is 8.44. The van der Waals surface area contributed by atoms with E-state index in [1.165, 1.54) is 12.1 Å². The molecule has 0 atom stereocenters. The summed E-state index contributed by atoms with van der Waals surface area (Å²) in [6, 6.07) is 4.65. The quantitative estimate of drug-likeness (QED) is 0.111. The molecule has 0 unspecified atom stereocenters. The molecule has 0 radical (unpaired) electrons. The molecule has 0 aliphatic carbocycles. The number of amides is 4. The number of hydrogen-bond acceptors (Lipinski definition) is 10. The zero-order chi connectivity index (χ0) is 33.7. The molecule has 1 aliphatic rings. The van der Waals surface area contributed by atoms with Crippen LogP contribution < -0.4 is 37.6 Å². The number of nitrogens with zero attached hydrogens (tertiary/aromatic N) is 5. The lowest BCUT2D eigenvalue weighted by molar-refractivity contribution is 0.0944. The summed E-state index contributed by atoms with van der Waals surface area (Å²) in [7, 11) is 5.06. The van der Waals surface area contributed by atoms with Crippen LogP contribution in [0.5, 0.6) is 0 Å². The molecular formula is C29H35ClN12O4S. The minimum atomic E-state index is -0.526. The Bertz CT molecular complexity index is 1850. The second-order valence-corrected chi connectivity index (χ2v) is 11.8. The number of amidine groups is 1. The molecule has 4 amide bonds. The predicted octanol–water partition coefficient (Wildman–Crippen LogP) is 2.06. The van der Waals surface area contributed by atoms with Crippen molar-refractivity contribution in [3.05, 3.63) is 64.6 Å². The minimum absolute atomic E-state index is 0.0549. The Labute approximate surface area is 278 Å². The number of rotatable bonds is 13. The fourth-order valence-electron chi connectivity index (χ4n) is 4.87. The van der Waals surface area contributed by atoms with Crippen molar-refractivity contribution in [2.45, 2.75) is 6.42 Å². The molecule has 4 aromatic heterocycles. The molecule has 47 heavy (non-hydrogen) atoms. The van der Waals surface area contributed by atoms with Gasteiger partial charge >= 0.3 is 0 Å². The van der Waals surface area contributed by atoms with Crippen LogP contribution in [0.4, 0.5) is 22.1 Å². The summed E-state index contributed by atoms with van der Waals surface area (Å²) >= 11 is 7.35. The Hall–Kier alpha value is -5.13. The molecule has 248 valence electrons. The molecule has 5 heterocycles. The highest BCUT2D eigenvalue weighted by molar-refractivity contribution is 7.11. The Kier molecular flexibility index (Phi) is 10.3. The number of nitrogens with one attached hydrogen (secondary N) is 6. The zero-order valence-electron chi connectivity index (χ0n) is 25.9. The third-order valence-electron chi connectivity index (χ3n) is 7.16. The fourth-order valence-corrected chi connectivity index (χ4v) is 5.92. The first kappa shape index (κ1) is 33.2. The van der Waals surface area contributed by atoms with Crippen LogP contribution in [-0.4, -0.2) is 80.3 Å². The maximum atomic E-state index is 13.1. The van der Waals surface area contributed by atoms with Gasteiger partial charge in [0.25, 0.3) is 23.6 Å². The summed E-state index contributed by atoms with van der Waals surface area (Å²) in [4.78, 5) is 56.1. The smallest absolute Gasteiger partial charge is 0.277 e. The molecule has 4 aromatic rings. The standard InChI is InChI=1S/C29H35ClN12O4S/c1-40-13-16(10-19(40)25(43)34-6-4-22-32-8-9-33-22)36-26(44)20-11-17(14-41(20)2)37-27(45)21-12-18(15-42(21)3)38-28(46)24-23(30)29(47-39-24)35-7-5-31/h10-15,35H,4-9,31H2,1-3H3,(H,32,33)(H,34,43)(H,36,44)(H,37,45)(H,38,46). The van der Waals surface area contributed by atoms with Crippen molar-refractivity contribution < 1.29 is 19.2 Å². The molecule has 18 heteroatoms. The second kappa shape index (κ2) is 14.5. The highest BCUT2D eigenvalue weighted by Gasteiger charge is 2.22. The molecule has 5 rings (SSSR count). The van der Waals surface area contributed by atoms with Crippen molar-refractivity contribution in [3.63, 3.8) is 0 Å². The van der Waals surface area contributed by atoms with E-state index in [2.05, 4.69) is 41.3 Å². The summed E-state index contributed by atoms with van der Waals surface area (Å²) in [5.74, 6) is -0.802. The van der Waals surface area contributed by atoms with E-state index in [1.807, 2.05) is 0 Å². The van der Waals surface area contributed by atoms with Gasteiger partial charge in [-0.15, -0.1) is 0 Å². The van der Waals surface area contributed by atoms with E-state index in [4.69, 9.17) is 17.3 Å². The van der Waals surface area contributed by atoms with Crippen molar-refractivity contribution in [1.29, 1.82) is 0 Å². The zero-order valence-corrected chi connectivity index (χ0v) is 27.5. The van der Waals surface area contributed by atoms with E-state index in [9.17, 15) is 19.2 Å². The number of aliphatic imine (C=N–C) groups is 1. The van der Waals surface area contributed by atoms with E-state index in [-0.39, 0.29) is 28.0 Å². The van der Waals surface area contributed by atoms with Gasteiger partial charge in [-0.2, -0.15) is 4.37 Å². The Morgan fingerprint density at radius 3 is 1.89 bits per heavy atom. The lowest BCUT2D eigenvalue weighted by Gasteiger charge is -2.06. The Balaban J connectivity index is 1.17. The summed E-state index contributed by atoms with van der Waals surface area (Å²) in [6.07, 6.45) is 5.45. The van der Waals surface area contributed by atoms with E-state index in [1.54, 1.807) is 59.5 Å². The van der Waals surface area contributed by atoms with E-state index < -0.39 is 17.7 Å². The van der Waals surface area contributed by atoms with Crippen molar-refractivity contribution in [2.75, 3.05) is 54.0 Å². The van der Waals surface area contributed by atoms with Crippen LogP contribution in [0.2, 0.25) is 5.02 Å². The first-order valence-electron chi connectivity index (χ1n) is 14.6. The van der Waals surface area contributed by atoms with E-state index >= 15 is 0 Å². The second-order valence-electron chi connectivity index (χ2n) is 10.7. The first-order chi connectivity index (χ1) is 22.5. The number of hydrogen-bond donors (Lipinski definition) is 7. The molecule has 0 bridgehead atoms. The van der Waals surface area contributed by atoms with Gasteiger partial charge in [-0.1, -0.05) is 11.6 Å². The molecule has 0 saturated heterocycles. The van der Waals surface area contributed by atoms with Gasteiger partial charge in [-0.25, -0.2) is 0 Å². The van der Waals surface area contributed by atoms with Gasteiger partial charge in [0.05, 0.1) is 29.4 Å². The Morgan fingerprint density at radius 1 is 0.851 bits per heavy atom. The SMILES string of the molecule is Cn1cc(NC(=O)c2cc(NC(=O)c3cc(NC(=O)c4nsc(NCCN)c4Cl)cn3C)cn2C)cc1C(=O)NCCC1=NCCN1. The number of halogens is 1. The van der Waals surface area contributed by atoms with Gasteiger partial charge in [0.1, 0.15) is 27.1 Å². The van der Waals surface area contributed by atoms with Gasteiger partial charge in [-0.3, -0.25) is 24.2 Å². The molecule has 0 aromatic carbocycles. The van der Waals surface area contributed by atoms with Crippen LogP contribution >= 0.6 is 23.1 Å². The van der Waals surface area contributed by atoms with Gasteiger partial charge in [0.15, 0.2) is 5.69 Å². The van der Waals surface area contributed by atoms with Gasteiger partial charge in [0, 0.05) is 72.3 Å². The van der Waals surface area contributed by atoms with Crippen LogP contribution in [-0.2, 0) is 21.1 Å². The molecule has 0 saturated carbocycles. The first-order valence-corrected chi connectivity index (χ1v) is 15.8. The molecule has 1 aliphatic heterocycles. The maximum Gasteiger partial charge on any atom is 0.277 e. The third kappa shape index (κ3) is 7.82. The lowest BCUT2D eigenvalue weighted by atomic mass is 10.3. The molecule has 0 spiro atoms. The van der Waals surface area contributed by atoms with Crippen LogP contribution in [0.1, 0.15) is 48.4 Å². The summed E-state index contributed by atoms with van der Waals surface area (Å²) in [5, 5.41) is 18.1. The number of carbonyl (C=O) groups excluding carboxylic acids is 4. The van der Waals surface area contributed by atoms with Crippen molar-refractivity contribution >= 4 is 74.7 Å². The molecular weight excluding hydrogens is 648 g/mol. The summed E-state index contributed by atoms with van der Waals surface area (Å²) in [6.45, 7) is 2.88. The van der Waals surface area contributed by atoms with Crippen molar-refractivity contribution in [1.82, 2.24) is 28.7 Å². The summed E-state index contributed by atoms with van der Waals surface area (Å²) < 4.78 is 8.89. The highest BCUT2D eigenvalue weighted by atomic mass is 35.5. The minimum Gasteiger partial charge on any atom is -0.373 e. The maximum absolute atomic E-state index is 13.1. The average Bonchev–Trinajstić information content (AvgIpc) is 3.86. The summed E-state index contributed by atoms with van der Waals surface area (Å²) in [5.41, 5.74) is 7.67. The number of anilines is 4. The lowest BCUT2D eigenvalue weighted by Crippen LogP contribution is -2.30. The van der Waals surface area contributed by atoms with Gasteiger partial charge in [0.2, 0.25) is 0 Å². The molecule has 0 fully saturated rings. The van der Waals surface area contributed by atoms with Gasteiger partial charge in [-0.05, 0) is 29.7 Å². The molecule has 8 N–H and O–H groups in total. The van der Waals surface area contributed by atoms with Gasteiger partial charge < -0.3 is 51.3 Å². The number of aromatic nitrogens is 4. The predicted molar refractivity (Wildman–Crippen MR) is 182 cm³/mol. The highest BCUT2D eigenvalue weighted by Crippen LogP contribution is 2.30. The van der Waals surface area contributed by atoms with Crippen LogP contribution in [0.3, 0.4) is 0 Å². The number of carbonyl (C=O) groups is 4. The van der Waals surface area contributed by atoms with Crippen molar-refractivity contribution in [2.24, 2.45) is 31.9 Å². The van der Waals surface area contributed by atoms with Crippen LogP contribution in [0.25, 0.3) is 0 Å². The van der Waals surface area contributed by atoms with E-state index in [0.29, 0.717) is 53.8 Å². The monoisotopic (exact) mass is 682 g/mol. The number of nitrogens with two attached hydrogens (primary N) is 1. The van der Waals surface area contributed by atoms with Crippen molar-refractivity contribution in [3.8, 4) is 0 Å². The van der Waals surface area contributed by atoms with Crippen LogP contribution in [0.15, 0.2) is 41.8 Å². The molecule has 16 nitrogen and oxygen atoms in total. The Morgan fingerprint density at radius 2 is 1.38 bits per heavy atom. The van der Waals surface area contributed by atoms with E-state index in [0.717, 1.165) is 30.5 Å². The number of aryl methyl sites for hydroxylation is 3. The van der Waals surface area contributed by atoms with Crippen LogP contribution in [0, 0.1) is 0 Å². The topological polar surface area (TPSA) is 207 Å².